The zero-order chi connectivity index (χ0) is 12.7. The Morgan fingerprint density at radius 3 is 2.82 bits per heavy atom. The van der Waals surface area contributed by atoms with Crippen LogP contribution in [0.4, 0.5) is 4.39 Å². The molecule has 0 amide bonds. The minimum atomic E-state index is -0.346. The molecule has 0 aliphatic heterocycles. The molecule has 0 saturated carbocycles. The summed E-state index contributed by atoms with van der Waals surface area (Å²) in [7, 11) is 0. The molecule has 0 fully saturated rings. The van der Waals surface area contributed by atoms with E-state index in [0.717, 1.165) is 12.8 Å². The number of carbonyl (C=O) groups is 1. The molecule has 0 radical (unpaired) electrons. The van der Waals surface area contributed by atoms with Crippen molar-refractivity contribution in [3.05, 3.63) is 34.6 Å². The topological polar surface area (TPSA) is 26.3 Å². The van der Waals surface area contributed by atoms with E-state index >= 15 is 0 Å². The standard InChI is InChI=1S/C13H16ClFO2/c1-10(16)5-2-3-8-17-9-11-12(14)6-4-7-13(11)15/h4,6-7H,2-3,5,8-9H2,1H3. The fraction of sp³-hybridized carbons (Fsp3) is 0.462. The van der Waals surface area contributed by atoms with Crippen molar-refractivity contribution in [2.75, 3.05) is 6.61 Å². The van der Waals surface area contributed by atoms with E-state index in [9.17, 15) is 9.18 Å². The second-order valence-corrected chi connectivity index (χ2v) is 4.32. The normalized spacial score (nSPS) is 10.5. The Balaban J connectivity index is 2.24. The number of Topliss-reactive ketones (excluding diaryl/α,β-unsaturated/α-hetero) is 1. The molecular weight excluding hydrogens is 243 g/mol. The first kappa shape index (κ1) is 14.1. The molecule has 0 atom stereocenters. The minimum Gasteiger partial charge on any atom is -0.377 e. The highest BCUT2D eigenvalue weighted by atomic mass is 35.5. The van der Waals surface area contributed by atoms with Gasteiger partial charge in [0.2, 0.25) is 0 Å². The van der Waals surface area contributed by atoms with Crippen LogP contribution in [-0.4, -0.2) is 12.4 Å². The number of unbranched alkanes of at least 4 members (excludes halogenated alkanes) is 1. The molecule has 1 aromatic carbocycles. The van der Waals surface area contributed by atoms with Crippen LogP contribution < -0.4 is 0 Å². The molecular formula is C13H16ClFO2. The summed E-state index contributed by atoms with van der Waals surface area (Å²) in [5, 5.41) is 0.383. The van der Waals surface area contributed by atoms with Gasteiger partial charge in [0, 0.05) is 23.6 Å². The van der Waals surface area contributed by atoms with Gasteiger partial charge in [-0.05, 0) is 31.9 Å². The van der Waals surface area contributed by atoms with Gasteiger partial charge in [0.15, 0.2) is 0 Å². The number of hydrogen-bond acceptors (Lipinski definition) is 2. The maximum Gasteiger partial charge on any atom is 0.130 e. The summed E-state index contributed by atoms with van der Waals surface area (Å²) in [4.78, 5) is 10.7. The summed E-state index contributed by atoms with van der Waals surface area (Å²) in [5.74, 6) is -0.164. The van der Waals surface area contributed by atoms with Gasteiger partial charge in [0.25, 0.3) is 0 Å². The summed E-state index contributed by atoms with van der Waals surface area (Å²) < 4.78 is 18.6. The van der Waals surface area contributed by atoms with Crippen LogP contribution in [0.15, 0.2) is 18.2 Å². The predicted molar refractivity (Wildman–Crippen MR) is 65.6 cm³/mol. The minimum absolute atomic E-state index is 0.172. The van der Waals surface area contributed by atoms with Gasteiger partial charge in [-0.15, -0.1) is 0 Å². The SMILES string of the molecule is CC(=O)CCCCOCc1c(F)cccc1Cl. The van der Waals surface area contributed by atoms with E-state index in [-0.39, 0.29) is 18.2 Å². The monoisotopic (exact) mass is 258 g/mol. The molecule has 0 heterocycles. The lowest BCUT2D eigenvalue weighted by Crippen LogP contribution is -2.00. The average molecular weight is 259 g/mol. The fourth-order valence-electron chi connectivity index (χ4n) is 1.42. The van der Waals surface area contributed by atoms with Crippen molar-refractivity contribution in [2.24, 2.45) is 0 Å². The molecule has 0 spiro atoms. The second kappa shape index (κ2) is 7.41. The van der Waals surface area contributed by atoms with Gasteiger partial charge >= 0.3 is 0 Å². The summed E-state index contributed by atoms with van der Waals surface area (Å²) in [5.41, 5.74) is 0.390. The quantitative estimate of drug-likeness (QED) is 0.696. The summed E-state index contributed by atoms with van der Waals surface area (Å²) in [6.07, 6.45) is 2.18. The molecule has 17 heavy (non-hydrogen) atoms. The number of carbonyl (C=O) groups excluding carboxylic acids is 1. The Bertz CT molecular complexity index is 359. The van der Waals surface area contributed by atoms with E-state index < -0.39 is 0 Å². The smallest absolute Gasteiger partial charge is 0.130 e. The van der Waals surface area contributed by atoms with Crippen molar-refractivity contribution in [3.63, 3.8) is 0 Å². The van der Waals surface area contributed by atoms with E-state index in [0.29, 0.717) is 23.6 Å². The predicted octanol–water partition coefficient (Wildman–Crippen LogP) is 3.76. The fourth-order valence-corrected chi connectivity index (χ4v) is 1.64. The van der Waals surface area contributed by atoms with Crippen LogP contribution in [0.5, 0.6) is 0 Å². The third kappa shape index (κ3) is 5.29. The van der Waals surface area contributed by atoms with E-state index in [4.69, 9.17) is 16.3 Å². The third-order valence-electron chi connectivity index (χ3n) is 2.38. The second-order valence-electron chi connectivity index (χ2n) is 3.91. The van der Waals surface area contributed by atoms with Crippen LogP contribution in [-0.2, 0) is 16.1 Å². The van der Waals surface area contributed by atoms with Crippen LogP contribution in [0, 0.1) is 5.82 Å². The van der Waals surface area contributed by atoms with E-state index in [2.05, 4.69) is 0 Å². The van der Waals surface area contributed by atoms with Crippen LogP contribution in [0.1, 0.15) is 31.7 Å². The Hall–Kier alpha value is -0.930. The van der Waals surface area contributed by atoms with Crippen LogP contribution >= 0.6 is 11.6 Å². The molecule has 0 unspecified atom stereocenters. The highest BCUT2D eigenvalue weighted by Gasteiger charge is 2.06. The summed E-state index contributed by atoms with van der Waals surface area (Å²) in [6, 6.07) is 4.56. The Labute approximate surface area is 106 Å². The first-order valence-electron chi connectivity index (χ1n) is 5.61. The Kier molecular flexibility index (Phi) is 6.16. The maximum absolute atomic E-state index is 13.3. The Morgan fingerprint density at radius 2 is 2.18 bits per heavy atom. The highest BCUT2D eigenvalue weighted by molar-refractivity contribution is 6.31. The van der Waals surface area contributed by atoms with Gasteiger partial charge in [-0.2, -0.15) is 0 Å². The molecule has 4 heteroatoms. The third-order valence-corrected chi connectivity index (χ3v) is 2.73. The van der Waals surface area contributed by atoms with Crippen molar-refractivity contribution in [1.29, 1.82) is 0 Å². The number of benzene rings is 1. The average Bonchev–Trinajstić information content (AvgIpc) is 2.26. The van der Waals surface area contributed by atoms with Crippen molar-refractivity contribution in [2.45, 2.75) is 32.8 Å². The zero-order valence-corrected chi connectivity index (χ0v) is 10.6. The number of rotatable bonds is 7. The van der Waals surface area contributed by atoms with Gasteiger partial charge in [-0.3, -0.25) is 0 Å². The van der Waals surface area contributed by atoms with Crippen LogP contribution in [0.3, 0.4) is 0 Å². The van der Waals surface area contributed by atoms with E-state index in [1.807, 2.05) is 0 Å². The molecule has 0 aromatic heterocycles. The lowest BCUT2D eigenvalue weighted by molar-refractivity contribution is -0.117. The molecule has 0 aliphatic carbocycles. The van der Waals surface area contributed by atoms with Crippen molar-refractivity contribution < 1.29 is 13.9 Å². The summed E-state index contributed by atoms with van der Waals surface area (Å²) in [6.45, 7) is 2.25. The maximum atomic E-state index is 13.3. The lowest BCUT2D eigenvalue weighted by atomic mass is 10.2. The van der Waals surface area contributed by atoms with Crippen LogP contribution in [0.2, 0.25) is 5.02 Å². The Morgan fingerprint density at radius 1 is 1.41 bits per heavy atom. The largest absolute Gasteiger partial charge is 0.377 e. The van der Waals surface area contributed by atoms with Crippen molar-refractivity contribution >= 4 is 17.4 Å². The molecule has 1 rings (SSSR count). The molecule has 0 bridgehead atoms. The number of ketones is 1. The highest BCUT2D eigenvalue weighted by Crippen LogP contribution is 2.19. The molecule has 0 N–H and O–H groups in total. The molecule has 0 aliphatic rings. The van der Waals surface area contributed by atoms with E-state index in [1.165, 1.54) is 6.07 Å². The number of hydrogen-bond donors (Lipinski definition) is 0. The van der Waals surface area contributed by atoms with Gasteiger partial charge < -0.3 is 9.53 Å². The van der Waals surface area contributed by atoms with Gasteiger partial charge in [-0.1, -0.05) is 17.7 Å². The molecule has 1 aromatic rings. The van der Waals surface area contributed by atoms with Crippen molar-refractivity contribution in [3.8, 4) is 0 Å². The molecule has 94 valence electrons. The van der Waals surface area contributed by atoms with E-state index in [1.54, 1.807) is 19.1 Å². The number of ether oxygens (including phenoxy) is 1. The number of halogens is 2. The van der Waals surface area contributed by atoms with Crippen LogP contribution in [0.25, 0.3) is 0 Å². The zero-order valence-electron chi connectivity index (χ0n) is 9.84. The lowest BCUT2D eigenvalue weighted by Gasteiger charge is -2.06. The summed E-state index contributed by atoms with van der Waals surface area (Å²) >= 11 is 5.85. The van der Waals surface area contributed by atoms with Gasteiger partial charge in [-0.25, -0.2) is 4.39 Å². The molecule has 0 saturated heterocycles. The molecule has 2 nitrogen and oxygen atoms in total. The first-order valence-corrected chi connectivity index (χ1v) is 5.99. The van der Waals surface area contributed by atoms with Crippen molar-refractivity contribution in [1.82, 2.24) is 0 Å². The van der Waals surface area contributed by atoms with Gasteiger partial charge in [0.1, 0.15) is 11.6 Å². The first-order chi connectivity index (χ1) is 8.11. The van der Waals surface area contributed by atoms with Gasteiger partial charge in [0.05, 0.1) is 6.61 Å².